The molecule has 1 amide bonds. The van der Waals surface area contributed by atoms with E-state index in [0.29, 0.717) is 11.8 Å². The molecule has 1 fully saturated rings. The zero-order valence-electron chi connectivity index (χ0n) is 14.5. The van der Waals surface area contributed by atoms with Crippen molar-refractivity contribution in [3.63, 3.8) is 0 Å². The molecule has 1 aromatic carbocycles. The number of nitrogens with one attached hydrogen (secondary N) is 1. The molecule has 0 unspecified atom stereocenters. The van der Waals surface area contributed by atoms with Gasteiger partial charge in [-0.3, -0.25) is 4.79 Å². The van der Waals surface area contributed by atoms with Crippen molar-refractivity contribution in [2.45, 2.75) is 70.8 Å². The predicted molar refractivity (Wildman–Crippen MR) is 98.0 cm³/mol. The summed E-state index contributed by atoms with van der Waals surface area (Å²) in [6.07, 6.45) is 7.19. The van der Waals surface area contributed by atoms with E-state index in [2.05, 4.69) is 54.2 Å². The molecule has 1 aliphatic rings. The maximum Gasteiger partial charge on any atom is 0.258 e. The second kappa shape index (κ2) is 8.18. The van der Waals surface area contributed by atoms with Crippen LogP contribution in [0.5, 0.6) is 5.75 Å². The Kier molecular flexibility index (Phi) is 6.51. The second-order valence-corrected chi connectivity index (χ2v) is 8.29. The van der Waals surface area contributed by atoms with Crippen molar-refractivity contribution in [3.8, 4) is 5.75 Å². The third-order valence-electron chi connectivity index (χ3n) is 4.38. The molecule has 1 saturated carbocycles. The quantitative estimate of drug-likeness (QED) is 0.747. The highest BCUT2D eigenvalue weighted by atomic mass is 79.9. The highest BCUT2D eigenvalue weighted by molar-refractivity contribution is 9.10. The fourth-order valence-corrected chi connectivity index (χ4v) is 3.41. The fraction of sp³-hybridized carbons (Fsp3) is 0.632. The number of ether oxygens (including phenoxy) is 1. The number of carbonyl (C=O) groups is 1. The van der Waals surface area contributed by atoms with Crippen LogP contribution in [0.3, 0.4) is 0 Å². The Labute approximate surface area is 148 Å². The molecule has 0 aliphatic heterocycles. The van der Waals surface area contributed by atoms with E-state index in [4.69, 9.17) is 4.74 Å². The van der Waals surface area contributed by atoms with E-state index < -0.39 is 0 Å². The lowest BCUT2D eigenvalue weighted by molar-refractivity contribution is -0.123. The van der Waals surface area contributed by atoms with Crippen molar-refractivity contribution >= 4 is 21.8 Å². The third-order valence-corrected chi connectivity index (χ3v) is 5.00. The number of carbonyl (C=O) groups excluding carboxylic acids is 1. The van der Waals surface area contributed by atoms with Crippen LogP contribution < -0.4 is 10.1 Å². The Bertz CT molecular complexity index is 529. The minimum absolute atomic E-state index is 0.0244. The highest BCUT2D eigenvalue weighted by Crippen LogP contribution is 2.31. The van der Waals surface area contributed by atoms with Gasteiger partial charge in [-0.25, -0.2) is 0 Å². The summed E-state index contributed by atoms with van der Waals surface area (Å²) in [7, 11) is 0. The molecule has 0 aromatic heterocycles. The first kappa shape index (κ1) is 18.3. The highest BCUT2D eigenvalue weighted by Gasteiger charge is 2.17. The number of hydrogen-bond donors (Lipinski definition) is 1. The number of halogens is 1. The number of benzene rings is 1. The summed E-state index contributed by atoms with van der Waals surface area (Å²) in [4.78, 5) is 12.1. The summed E-state index contributed by atoms with van der Waals surface area (Å²) in [5, 5.41) is 3.10. The monoisotopic (exact) mass is 381 g/mol. The van der Waals surface area contributed by atoms with Gasteiger partial charge in [0.15, 0.2) is 6.61 Å². The second-order valence-electron chi connectivity index (χ2n) is 7.44. The van der Waals surface area contributed by atoms with Gasteiger partial charge in [0, 0.05) is 6.04 Å². The van der Waals surface area contributed by atoms with E-state index >= 15 is 0 Å². The predicted octanol–water partition coefficient (Wildman–Crippen LogP) is 4.96. The Morgan fingerprint density at radius 1 is 1.22 bits per heavy atom. The molecule has 1 aliphatic carbocycles. The Balaban J connectivity index is 1.86. The molecule has 1 N–H and O–H groups in total. The van der Waals surface area contributed by atoms with Gasteiger partial charge in [0.1, 0.15) is 5.75 Å². The minimum Gasteiger partial charge on any atom is -0.483 e. The van der Waals surface area contributed by atoms with Gasteiger partial charge in [-0.05, 0) is 51.9 Å². The van der Waals surface area contributed by atoms with Gasteiger partial charge in [0.2, 0.25) is 0 Å². The Morgan fingerprint density at radius 2 is 1.87 bits per heavy atom. The lowest BCUT2D eigenvalue weighted by atomic mass is 9.87. The Hall–Kier alpha value is -1.03. The topological polar surface area (TPSA) is 38.3 Å². The van der Waals surface area contributed by atoms with Crippen LogP contribution >= 0.6 is 15.9 Å². The molecule has 0 saturated heterocycles. The normalized spacial score (nSPS) is 16.7. The van der Waals surface area contributed by atoms with E-state index in [1.165, 1.54) is 31.2 Å². The first-order valence-electron chi connectivity index (χ1n) is 8.58. The van der Waals surface area contributed by atoms with E-state index in [0.717, 1.165) is 17.3 Å². The summed E-state index contributed by atoms with van der Waals surface area (Å²) >= 11 is 3.54. The summed E-state index contributed by atoms with van der Waals surface area (Å²) in [5.41, 5.74) is 1.33. The summed E-state index contributed by atoms with van der Waals surface area (Å²) in [6, 6.07) is 6.38. The van der Waals surface area contributed by atoms with Crippen molar-refractivity contribution < 1.29 is 9.53 Å². The zero-order chi connectivity index (χ0) is 16.9. The van der Waals surface area contributed by atoms with Gasteiger partial charge in [0.05, 0.1) is 4.47 Å². The smallest absolute Gasteiger partial charge is 0.258 e. The first-order chi connectivity index (χ1) is 10.9. The lowest BCUT2D eigenvalue weighted by Gasteiger charge is -2.20. The maximum absolute atomic E-state index is 12.1. The third kappa shape index (κ3) is 5.83. The van der Waals surface area contributed by atoms with Gasteiger partial charge in [0.25, 0.3) is 5.91 Å². The molecule has 1 aromatic rings. The van der Waals surface area contributed by atoms with Crippen LogP contribution in [-0.2, 0) is 10.2 Å². The van der Waals surface area contributed by atoms with Crippen molar-refractivity contribution in [3.05, 3.63) is 28.2 Å². The molecule has 2 rings (SSSR count). The van der Waals surface area contributed by atoms with E-state index in [9.17, 15) is 4.79 Å². The molecule has 0 atom stereocenters. The molecular formula is C19H28BrNO2. The van der Waals surface area contributed by atoms with Gasteiger partial charge >= 0.3 is 0 Å². The molecule has 0 radical (unpaired) electrons. The standard InChI is InChI=1S/C19H28BrNO2/c1-19(2,3)14-10-11-17(16(20)12-14)23-13-18(22)21-15-8-6-4-5-7-9-15/h10-12,15H,4-9,13H2,1-3H3,(H,21,22). The number of amides is 1. The summed E-state index contributed by atoms with van der Waals surface area (Å²) < 4.78 is 6.58. The van der Waals surface area contributed by atoms with E-state index in [1.807, 2.05) is 6.07 Å². The van der Waals surface area contributed by atoms with E-state index in [1.54, 1.807) is 0 Å². The van der Waals surface area contributed by atoms with E-state index in [-0.39, 0.29) is 17.9 Å². The fourth-order valence-electron chi connectivity index (χ4n) is 2.92. The average molecular weight is 382 g/mol. The van der Waals surface area contributed by atoms with Gasteiger partial charge < -0.3 is 10.1 Å². The first-order valence-corrected chi connectivity index (χ1v) is 9.38. The number of hydrogen-bond acceptors (Lipinski definition) is 2. The van der Waals surface area contributed by atoms with Crippen molar-refractivity contribution in [2.75, 3.05) is 6.61 Å². The van der Waals surface area contributed by atoms with Crippen molar-refractivity contribution in [1.29, 1.82) is 0 Å². The van der Waals surface area contributed by atoms with Crippen LogP contribution in [0.1, 0.15) is 64.9 Å². The molecule has 0 bridgehead atoms. The van der Waals surface area contributed by atoms with Crippen molar-refractivity contribution in [2.24, 2.45) is 0 Å². The van der Waals surface area contributed by atoms with Crippen LogP contribution in [0.25, 0.3) is 0 Å². The molecular weight excluding hydrogens is 354 g/mol. The van der Waals surface area contributed by atoms with Crippen LogP contribution in [0.15, 0.2) is 22.7 Å². The molecule has 0 spiro atoms. The van der Waals surface area contributed by atoms with Crippen LogP contribution in [-0.4, -0.2) is 18.6 Å². The Morgan fingerprint density at radius 3 is 2.43 bits per heavy atom. The van der Waals surface area contributed by atoms with Gasteiger partial charge in [-0.1, -0.05) is 52.5 Å². The maximum atomic E-state index is 12.1. The average Bonchev–Trinajstić information content (AvgIpc) is 2.73. The van der Waals surface area contributed by atoms with Gasteiger partial charge in [-0.15, -0.1) is 0 Å². The molecule has 23 heavy (non-hydrogen) atoms. The van der Waals surface area contributed by atoms with Crippen LogP contribution in [0, 0.1) is 0 Å². The molecule has 4 heteroatoms. The van der Waals surface area contributed by atoms with Gasteiger partial charge in [-0.2, -0.15) is 0 Å². The number of rotatable bonds is 4. The van der Waals surface area contributed by atoms with Crippen molar-refractivity contribution in [1.82, 2.24) is 5.32 Å². The molecule has 3 nitrogen and oxygen atoms in total. The molecule has 0 heterocycles. The summed E-state index contributed by atoms with van der Waals surface area (Å²) in [5.74, 6) is 0.692. The minimum atomic E-state index is -0.0244. The largest absolute Gasteiger partial charge is 0.483 e. The summed E-state index contributed by atoms with van der Waals surface area (Å²) in [6.45, 7) is 6.60. The SMILES string of the molecule is CC(C)(C)c1ccc(OCC(=O)NC2CCCCCC2)c(Br)c1. The lowest BCUT2D eigenvalue weighted by Crippen LogP contribution is -2.37. The zero-order valence-corrected chi connectivity index (χ0v) is 16.0. The molecule has 128 valence electrons. The van der Waals surface area contributed by atoms with Crippen LogP contribution in [0.4, 0.5) is 0 Å². The van der Waals surface area contributed by atoms with Crippen LogP contribution in [0.2, 0.25) is 0 Å².